The summed E-state index contributed by atoms with van der Waals surface area (Å²) in [4.78, 5) is 38.5. The molecule has 0 saturated carbocycles. The van der Waals surface area contributed by atoms with E-state index in [4.69, 9.17) is 23.2 Å². The van der Waals surface area contributed by atoms with Crippen LogP contribution in [0.25, 0.3) is 0 Å². The molecule has 2 aromatic rings. The number of halogens is 2. The second-order valence-corrected chi connectivity index (χ2v) is 7.30. The third-order valence-corrected chi connectivity index (χ3v) is 4.92. The Morgan fingerprint density at radius 2 is 1.76 bits per heavy atom. The van der Waals surface area contributed by atoms with Gasteiger partial charge in [-0.25, -0.2) is 0 Å². The summed E-state index contributed by atoms with van der Waals surface area (Å²) < 4.78 is 0. The van der Waals surface area contributed by atoms with Crippen molar-refractivity contribution in [2.45, 2.75) is 20.3 Å². The molecule has 0 aromatic heterocycles. The van der Waals surface area contributed by atoms with Crippen LogP contribution in [-0.4, -0.2) is 42.3 Å². The Morgan fingerprint density at radius 1 is 1.03 bits per heavy atom. The van der Waals surface area contributed by atoms with Crippen LogP contribution in [0, 0.1) is 6.92 Å². The lowest BCUT2D eigenvalue weighted by atomic mass is 10.2. The highest BCUT2D eigenvalue weighted by molar-refractivity contribution is 6.42. The van der Waals surface area contributed by atoms with Gasteiger partial charge in [-0.15, -0.1) is 0 Å². The highest BCUT2D eigenvalue weighted by Crippen LogP contribution is 2.22. The van der Waals surface area contributed by atoms with Crippen molar-refractivity contribution in [2.24, 2.45) is 0 Å². The Bertz CT molecular complexity index is 902. The number of carbonyl (C=O) groups excluding carboxylic acids is 3. The second kappa shape index (κ2) is 10.8. The number of amides is 3. The number of carbonyl (C=O) groups is 3. The number of rotatable bonds is 8. The summed E-state index contributed by atoms with van der Waals surface area (Å²) >= 11 is 11.8. The molecule has 0 radical (unpaired) electrons. The topological polar surface area (TPSA) is 78.5 Å². The second-order valence-electron chi connectivity index (χ2n) is 6.49. The number of hydrogen-bond donors (Lipinski definition) is 2. The molecular formula is C21H23Cl2N3O3. The minimum atomic E-state index is -0.447. The molecule has 0 atom stereocenters. The molecule has 0 aliphatic rings. The monoisotopic (exact) mass is 435 g/mol. The molecule has 0 unspecified atom stereocenters. The van der Waals surface area contributed by atoms with Gasteiger partial charge in [0.05, 0.1) is 23.1 Å². The van der Waals surface area contributed by atoms with Crippen LogP contribution in [0.1, 0.15) is 29.3 Å². The van der Waals surface area contributed by atoms with Gasteiger partial charge in [0.1, 0.15) is 0 Å². The minimum absolute atomic E-state index is 0.0936. The summed E-state index contributed by atoms with van der Waals surface area (Å²) in [7, 11) is 0. The Kier molecular flexibility index (Phi) is 8.49. The maximum absolute atomic E-state index is 12.5. The first-order valence-corrected chi connectivity index (χ1v) is 9.94. The summed E-state index contributed by atoms with van der Waals surface area (Å²) in [5, 5.41) is 5.96. The SMILES string of the molecule is CCCN(CC(=O)Nc1ccccc1C)C(=O)CNC(=O)c1ccc(Cl)c(Cl)c1. The van der Waals surface area contributed by atoms with Crippen molar-refractivity contribution in [3.63, 3.8) is 0 Å². The zero-order valence-corrected chi connectivity index (χ0v) is 17.8. The average Bonchev–Trinajstić information content (AvgIpc) is 2.69. The molecule has 8 heteroatoms. The molecule has 0 fully saturated rings. The summed E-state index contributed by atoms with van der Waals surface area (Å²) in [6, 6.07) is 11.9. The standard InChI is InChI=1S/C21H23Cl2N3O3/c1-3-10-26(13-19(27)25-18-7-5-4-6-14(18)2)20(28)12-24-21(29)15-8-9-16(22)17(23)11-15/h4-9,11H,3,10,12-13H2,1-2H3,(H,24,29)(H,25,27). The van der Waals surface area contributed by atoms with E-state index in [9.17, 15) is 14.4 Å². The highest BCUT2D eigenvalue weighted by Gasteiger charge is 2.18. The Hall–Kier alpha value is -2.57. The van der Waals surface area contributed by atoms with Crippen molar-refractivity contribution in [3.8, 4) is 0 Å². The van der Waals surface area contributed by atoms with Gasteiger partial charge in [0.2, 0.25) is 11.8 Å². The van der Waals surface area contributed by atoms with Gasteiger partial charge in [-0.05, 0) is 43.2 Å². The van der Waals surface area contributed by atoms with Crippen molar-refractivity contribution in [3.05, 3.63) is 63.6 Å². The van der Waals surface area contributed by atoms with E-state index in [-0.39, 0.29) is 29.9 Å². The molecule has 0 bridgehead atoms. The fraction of sp³-hybridized carbons (Fsp3) is 0.286. The number of anilines is 1. The van der Waals surface area contributed by atoms with Crippen LogP contribution in [0.5, 0.6) is 0 Å². The number of aryl methyl sites for hydroxylation is 1. The van der Waals surface area contributed by atoms with Crippen LogP contribution in [0.2, 0.25) is 10.0 Å². The summed E-state index contributed by atoms with van der Waals surface area (Å²) in [5.41, 5.74) is 1.93. The zero-order chi connectivity index (χ0) is 21.4. The van der Waals surface area contributed by atoms with Crippen molar-refractivity contribution < 1.29 is 14.4 Å². The van der Waals surface area contributed by atoms with E-state index in [0.29, 0.717) is 29.2 Å². The number of benzene rings is 2. The molecule has 6 nitrogen and oxygen atoms in total. The predicted molar refractivity (Wildman–Crippen MR) is 115 cm³/mol. The van der Waals surface area contributed by atoms with E-state index in [1.165, 1.54) is 23.1 Å². The van der Waals surface area contributed by atoms with E-state index in [1.807, 2.05) is 32.0 Å². The van der Waals surface area contributed by atoms with Gasteiger partial charge in [0, 0.05) is 17.8 Å². The van der Waals surface area contributed by atoms with E-state index in [2.05, 4.69) is 10.6 Å². The largest absolute Gasteiger partial charge is 0.343 e. The Labute approximate surface area is 180 Å². The lowest BCUT2D eigenvalue weighted by Gasteiger charge is -2.22. The summed E-state index contributed by atoms with van der Waals surface area (Å²) in [6.45, 7) is 3.89. The van der Waals surface area contributed by atoms with E-state index in [0.717, 1.165) is 5.56 Å². The maximum Gasteiger partial charge on any atom is 0.251 e. The van der Waals surface area contributed by atoms with Gasteiger partial charge in [-0.3, -0.25) is 14.4 Å². The normalized spacial score (nSPS) is 10.3. The number of para-hydroxylation sites is 1. The third-order valence-electron chi connectivity index (χ3n) is 4.18. The molecular weight excluding hydrogens is 413 g/mol. The maximum atomic E-state index is 12.5. The molecule has 0 heterocycles. The van der Waals surface area contributed by atoms with Gasteiger partial charge in [-0.1, -0.05) is 48.3 Å². The van der Waals surface area contributed by atoms with Crippen LogP contribution >= 0.6 is 23.2 Å². The van der Waals surface area contributed by atoms with Crippen molar-refractivity contribution >= 4 is 46.6 Å². The fourth-order valence-corrected chi connectivity index (χ4v) is 2.94. The minimum Gasteiger partial charge on any atom is -0.343 e. The van der Waals surface area contributed by atoms with Crippen molar-refractivity contribution in [1.29, 1.82) is 0 Å². The first-order valence-electron chi connectivity index (χ1n) is 9.18. The van der Waals surface area contributed by atoms with Gasteiger partial charge in [-0.2, -0.15) is 0 Å². The molecule has 0 aliphatic heterocycles. The fourth-order valence-electron chi connectivity index (χ4n) is 2.65. The number of hydrogen-bond acceptors (Lipinski definition) is 3. The molecule has 0 spiro atoms. The van der Waals surface area contributed by atoms with Gasteiger partial charge < -0.3 is 15.5 Å². The lowest BCUT2D eigenvalue weighted by Crippen LogP contribution is -2.44. The predicted octanol–water partition coefficient (Wildman–Crippen LogP) is 3.91. The van der Waals surface area contributed by atoms with Gasteiger partial charge in [0.15, 0.2) is 0 Å². The molecule has 2 N–H and O–H groups in total. The van der Waals surface area contributed by atoms with Crippen molar-refractivity contribution in [2.75, 3.05) is 25.0 Å². The van der Waals surface area contributed by atoms with Crippen LogP contribution in [-0.2, 0) is 9.59 Å². The lowest BCUT2D eigenvalue weighted by molar-refractivity contribution is -0.133. The summed E-state index contributed by atoms with van der Waals surface area (Å²) in [5.74, 6) is -1.09. The van der Waals surface area contributed by atoms with E-state index < -0.39 is 5.91 Å². The molecule has 2 rings (SSSR count). The summed E-state index contributed by atoms with van der Waals surface area (Å²) in [6.07, 6.45) is 0.685. The Morgan fingerprint density at radius 3 is 2.41 bits per heavy atom. The highest BCUT2D eigenvalue weighted by atomic mass is 35.5. The van der Waals surface area contributed by atoms with Crippen LogP contribution in [0.3, 0.4) is 0 Å². The number of nitrogens with zero attached hydrogens (tertiary/aromatic N) is 1. The van der Waals surface area contributed by atoms with Crippen LogP contribution < -0.4 is 10.6 Å². The smallest absolute Gasteiger partial charge is 0.251 e. The van der Waals surface area contributed by atoms with Crippen LogP contribution in [0.15, 0.2) is 42.5 Å². The third kappa shape index (κ3) is 6.76. The molecule has 29 heavy (non-hydrogen) atoms. The Balaban J connectivity index is 1.94. The molecule has 0 saturated heterocycles. The zero-order valence-electron chi connectivity index (χ0n) is 16.3. The number of nitrogens with one attached hydrogen (secondary N) is 2. The van der Waals surface area contributed by atoms with E-state index >= 15 is 0 Å². The molecule has 3 amide bonds. The van der Waals surface area contributed by atoms with Crippen molar-refractivity contribution in [1.82, 2.24) is 10.2 Å². The molecule has 0 aliphatic carbocycles. The first-order chi connectivity index (χ1) is 13.8. The average molecular weight is 436 g/mol. The molecule has 2 aromatic carbocycles. The van der Waals surface area contributed by atoms with E-state index in [1.54, 1.807) is 6.07 Å². The van der Waals surface area contributed by atoms with Crippen LogP contribution in [0.4, 0.5) is 5.69 Å². The quantitative estimate of drug-likeness (QED) is 0.659. The molecule has 154 valence electrons. The first kappa shape index (κ1) is 22.7. The van der Waals surface area contributed by atoms with Gasteiger partial charge >= 0.3 is 0 Å². The van der Waals surface area contributed by atoms with Gasteiger partial charge in [0.25, 0.3) is 5.91 Å².